The lowest BCUT2D eigenvalue weighted by Gasteiger charge is -2.30. The highest BCUT2D eigenvalue weighted by Gasteiger charge is 2.18. The number of aliphatic carboxylic acids is 2. The SMILES string of the molecule is C=CCCCCCCCC(=O)NCCC[N+](C)(C)CC(=O)[O-].CC/C=C/CCCCCCCC(=O)NCCC[N+](C)(C)CC(=O)[O-].CCCC/C=C/CCCCCCCC(=O)NCCC[N+](C)(C)CC(C)=O. The van der Waals surface area contributed by atoms with Crippen LogP contribution in [0.15, 0.2) is 37.0 Å². The van der Waals surface area contributed by atoms with Crippen LogP contribution in [0, 0.1) is 0 Å². The van der Waals surface area contributed by atoms with Gasteiger partial charge in [0.15, 0.2) is 5.78 Å². The van der Waals surface area contributed by atoms with Crippen LogP contribution >= 0.6 is 0 Å². The summed E-state index contributed by atoms with van der Waals surface area (Å²) in [5.41, 5.74) is 0. The van der Waals surface area contributed by atoms with Gasteiger partial charge in [-0.25, -0.2) is 0 Å². The van der Waals surface area contributed by atoms with Crippen molar-refractivity contribution in [3.8, 4) is 0 Å². The zero-order valence-electron chi connectivity index (χ0n) is 47.9. The van der Waals surface area contributed by atoms with Gasteiger partial charge in [0.25, 0.3) is 0 Å². The van der Waals surface area contributed by atoms with Gasteiger partial charge in [-0.15, -0.1) is 6.58 Å². The Morgan fingerprint density at radius 2 is 0.722 bits per heavy atom. The van der Waals surface area contributed by atoms with Crippen LogP contribution in [0.2, 0.25) is 0 Å². The third-order valence-corrected chi connectivity index (χ3v) is 12.2. The molecule has 14 heteroatoms. The van der Waals surface area contributed by atoms with Gasteiger partial charge < -0.3 is 49.2 Å². The first-order valence-electron chi connectivity index (χ1n) is 28.2. The molecule has 0 fully saturated rings. The van der Waals surface area contributed by atoms with Gasteiger partial charge in [-0.3, -0.25) is 19.2 Å². The number of carbonyl (C=O) groups is 6. The molecule has 0 saturated carbocycles. The molecule has 0 rings (SSSR count). The average molecular weight is 1020 g/mol. The first kappa shape index (κ1) is 72.4. The number of ketones is 1. The second-order valence-electron chi connectivity index (χ2n) is 21.7. The quantitative estimate of drug-likeness (QED) is 0.0312. The van der Waals surface area contributed by atoms with Crippen molar-refractivity contribution in [2.24, 2.45) is 0 Å². The van der Waals surface area contributed by atoms with Gasteiger partial charge in [0, 0.05) is 65.1 Å². The molecule has 3 N–H and O–H groups in total. The number of allylic oxidation sites excluding steroid dienone is 5. The summed E-state index contributed by atoms with van der Waals surface area (Å²) in [4.78, 5) is 67.6. The minimum absolute atomic E-state index is 0.000198. The van der Waals surface area contributed by atoms with Crippen molar-refractivity contribution >= 4 is 35.4 Å². The summed E-state index contributed by atoms with van der Waals surface area (Å²) in [6.45, 7) is 14.5. The molecule has 72 heavy (non-hydrogen) atoms. The lowest BCUT2D eigenvalue weighted by Crippen LogP contribution is -2.49. The summed E-state index contributed by atoms with van der Waals surface area (Å²) in [6, 6.07) is 0. The number of carboxylic acids is 2. The number of nitrogens with one attached hydrogen (secondary N) is 3. The van der Waals surface area contributed by atoms with Crippen molar-refractivity contribution < 1.29 is 52.4 Å². The summed E-state index contributed by atoms with van der Waals surface area (Å²) in [5.74, 6) is -1.50. The summed E-state index contributed by atoms with van der Waals surface area (Å²) in [6.07, 6.45) is 40.9. The summed E-state index contributed by atoms with van der Waals surface area (Å²) < 4.78 is 1.45. The molecule has 0 bridgehead atoms. The van der Waals surface area contributed by atoms with E-state index in [4.69, 9.17) is 0 Å². The fourth-order valence-corrected chi connectivity index (χ4v) is 8.11. The smallest absolute Gasteiger partial charge is 0.219 e. The minimum atomic E-state index is -1.04. The van der Waals surface area contributed by atoms with E-state index in [0.717, 1.165) is 77.2 Å². The number of unbranched alkanes of at least 4 members (excludes halogenated alkanes) is 17. The molecule has 0 aromatic heterocycles. The molecule has 14 nitrogen and oxygen atoms in total. The van der Waals surface area contributed by atoms with Crippen molar-refractivity contribution in [3.63, 3.8) is 0 Å². The molecule has 0 aromatic carbocycles. The molecule has 420 valence electrons. The van der Waals surface area contributed by atoms with E-state index >= 15 is 0 Å². The number of quaternary nitrogens is 3. The Balaban J connectivity index is -0.000000995. The van der Waals surface area contributed by atoms with E-state index in [1.165, 1.54) is 89.9 Å². The number of hydrogen-bond acceptors (Lipinski definition) is 8. The Hall–Kier alpha value is -3.88. The van der Waals surface area contributed by atoms with Gasteiger partial charge in [-0.2, -0.15) is 0 Å². The van der Waals surface area contributed by atoms with Crippen LogP contribution in [0.1, 0.15) is 201 Å². The Labute approximate surface area is 441 Å². The Morgan fingerprint density at radius 1 is 0.417 bits per heavy atom. The molecule has 0 heterocycles. The number of likely N-dealkylation sites (N-methyl/N-ethyl adjacent to an activating group) is 3. The van der Waals surface area contributed by atoms with Crippen LogP contribution in [-0.2, 0) is 28.8 Å². The summed E-state index contributed by atoms with van der Waals surface area (Å²) >= 11 is 0. The molecule has 0 radical (unpaired) electrons. The Bertz CT molecular complexity index is 1460. The molecule has 0 atom stereocenters. The van der Waals surface area contributed by atoms with Crippen LogP contribution in [0.3, 0.4) is 0 Å². The number of rotatable bonds is 46. The topological polar surface area (TPSA) is 185 Å². The van der Waals surface area contributed by atoms with E-state index in [0.29, 0.717) is 72.0 Å². The van der Waals surface area contributed by atoms with Gasteiger partial charge in [0.1, 0.15) is 19.6 Å². The maximum atomic E-state index is 11.8. The molecule has 3 amide bonds. The third-order valence-electron chi connectivity index (χ3n) is 12.2. The van der Waals surface area contributed by atoms with Gasteiger partial charge in [-0.05, 0) is 70.6 Å². The average Bonchev–Trinajstić information content (AvgIpc) is 3.28. The third kappa shape index (κ3) is 60.4. The van der Waals surface area contributed by atoms with E-state index in [1.54, 1.807) is 6.92 Å². The lowest BCUT2D eigenvalue weighted by atomic mass is 10.1. The van der Waals surface area contributed by atoms with E-state index < -0.39 is 11.9 Å². The Kier molecular flexibility index (Phi) is 49.6. The van der Waals surface area contributed by atoms with Crippen molar-refractivity contribution in [1.82, 2.24) is 16.0 Å². The molecule has 0 aliphatic rings. The van der Waals surface area contributed by atoms with Crippen molar-refractivity contribution in [3.05, 3.63) is 37.0 Å². The molecular formula is C58H111N6O8+. The van der Waals surface area contributed by atoms with Crippen LogP contribution in [0.25, 0.3) is 0 Å². The molecule has 0 aliphatic carbocycles. The molecule has 0 spiro atoms. The summed E-state index contributed by atoms with van der Waals surface area (Å²) in [5, 5.41) is 30.0. The second-order valence-corrected chi connectivity index (χ2v) is 21.7. The van der Waals surface area contributed by atoms with Gasteiger partial charge >= 0.3 is 0 Å². The minimum Gasteiger partial charge on any atom is -0.544 e. The van der Waals surface area contributed by atoms with E-state index in [9.17, 15) is 39.0 Å². The Morgan fingerprint density at radius 3 is 1.04 bits per heavy atom. The van der Waals surface area contributed by atoms with Gasteiger partial charge in [0.2, 0.25) is 17.7 Å². The molecule has 0 aromatic rings. The predicted molar refractivity (Wildman–Crippen MR) is 294 cm³/mol. The molecule has 0 unspecified atom stereocenters. The fraction of sp³-hybridized carbons (Fsp3) is 0.793. The van der Waals surface area contributed by atoms with Crippen LogP contribution in [0.5, 0.6) is 0 Å². The summed E-state index contributed by atoms with van der Waals surface area (Å²) in [7, 11) is 11.5. The normalized spacial score (nSPS) is 11.6. The first-order chi connectivity index (χ1) is 34.1. The predicted octanol–water partition coefficient (Wildman–Crippen LogP) is 7.89. The van der Waals surface area contributed by atoms with Gasteiger partial charge in [-0.1, -0.05) is 115 Å². The maximum Gasteiger partial charge on any atom is 0.219 e. The lowest BCUT2D eigenvalue weighted by molar-refractivity contribution is -0.884. The van der Waals surface area contributed by atoms with Crippen LogP contribution in [0.4, 0.5) is 0 Å². The number of amides is 3. The van der Waals surface area contributed by atoms with Crippen molar-refractivity contribution in [1.29, 1.82) is 0 Å². The van der Waals surface area contributed by atoms with Gasteiger partial charge in [0.05, 0.1) is 73.9 Å². The standard InChI is InChI=1S/C22H42N2O2.C19H36N2O3.C17H32N2O3/c1-5-6-7-8-9-10-11-12-13-14-15-17-22(26)23-18-16-19-24(3,4)20-21(2)25;1-4-5-6-7-8-9-10-11-12-14-18(22)20-15-13-16-21(2,3)17-19(23)24;1-4-5-6-7-8-9-10-12-16(20)18-13-11-14-19(2,3)15-17(21)22/h8-9H,5-7,10-20H2,1-4H3;5-6H,4,7-17H2,1-3H3,(H-,20,22,23,24);4H,1,5-15H2,2-3H3,(H-,18,20,21,22)/p+1/b9-8+;6-5+;. The molecule has 0 aliphatic heterocycles. The maximum absolute atomic E-state index is 11.8. The highest BCUT2D eigenvalue weighted by atomic mass is 16.4. The molecule has 0 saturated heterocycles. The number of carboxylic acid groups (broad SMARTS) is 2. The highest BCUT2D eigenvalue weighted by Crippen LogP contribution is 2.11. The first-order valence-corrected chi connectivity index (χ1v) is 28.2. The zero-order chi connectivity index (χ0) is 54.8. The van der Waals surface area contributed by atoms with Crippen molar-refractivity contribution in [2.75, 3.05) is 101 Å². The number of nitrogens with zero attached hydrogens (tertiary/aromatic N) is 3. The van der Waals surface area contributed by atoms with Crippen LogP contribution in [-0.4, -0.2) is 150 Å². The number of carbonyl (C=O) groups excluding carboxylic acids is 6. The zero-order valence-corrected chi connectivity index (χ0v) is 47.9. The second kappa shape index (κ2) is 49.3. The van der Waals surface area contributed by atoms with E-state index in [1.807, 2.05) is 34.3 Å². The molecular weight excluding hydrogens is 909 g/mol. The number of Topliss-reactive ketones (excluding diaryl/α,β-unsaturated/α-hetero) is 1. The largest absolute Gasteiger partial charge is 0.544 e. The van der Waals surface area contributed by atoms with Crippen molar-refractivity contribution in [2.45, 2.75) is 201 Å². The van der Waals surface area contributed by atoms with Crippen LogP contribution < -0.4 is 26.2 Å². The fourth-order valence-electron chi connectivity index (χ4n) is 8.11. The number of hydrogen-bond donors (Lipinski definition) is 3. The highest BCUT2D eigenvalue weighted by molar-refractivity contribution is 5.77. The van der Waals surface area contributed by atoms with E-state index in [-0.39, 0.29) is 36.6 Å². The van der Waals surface area contributed by atoms with E-state index in [2.05, 4.69) is 74.8 Å². The monoisotopic (exact) mass is 1020 g/mol.